The van der Waals surface area contributed by atoms with E-state index in [1.54, 1.807) is 24.3 Å². The Morgan fingerprint density at radius 3 is 2.69 bits per heavy atom. The molecule has 7 nitrogen and oxygen atoms in total. The summed E-state index contributed by atoms with van der Waals surface area (Å²) in [5, 5.41) is 11.3. The van der Waals surface area contributed by atoms with Crippen molar-refractivity contribution in [3.63, 3.8) is 0 Å². The molecule has 29 heavy (non-hydrogen) atoms. The van der Waals surface area contributed by atoms with Gasteiger partial charge in [-0.25, -0.2) is 8.42 Å². The second-order valence-corrected chi connectivity index (χ2v) is 10.6. The summed E-state index contributed by atoms with van der Waals surface area (Å²) in [6, 6.07) is 12.3. The maximum atomic E-state index is 13.0. The van der Waals surface area contributed by atoms with Gasteiger partial charge in [0.05, 0.1) is 10.6 Å². The third-order valence-corrected chi connectivity index (χ3v) is 7.69. The molecule has 0 spiro atoms. The number of amides is 1. The van der Waals surface area contributed by atoms with Crippen LogP contribution in [0.1, 0.15) is 17.3 Å². The Bertz CT molecular complexity index is 1130. The number of sulfonamides is 1. The Morgan fingerprint density at radius 1 is 1.21 bits per heavy atom. The van der Waals surface area contributed by atoms with Crippen LogP contribution in [0.5, 0.6) is 0 Å². The maximum Gasteiger partial charge on any atom is 0.264 e. The highest BCUT2D eigenvalue weighted by atomic mass is 35.5. The lowest BCUT2D eigenvalue weighted by atomic mass is 10.2. The number of halogens is 1. The van der Waals surface area contributed by atoms with Crippen LogP contribution in [0, 0.1) is 0 Å². The SMILES string of the molecule is CCSc1nnc(NC(=O)c2cccc(S(=O)(=O)N(C)c3cccc(Cl)c3)c2)s1. The summed E-state index contributed by atoms with van der Waals surface area (Å²) in [6.45, 7) is 2.00. The summed E-state index contributed by atoms with van der Waals surface area (Å²) in [6.07, 6.45) is 0. The van der Waals surface area contributed by atoms with Gasteiger partial charge in [-0.15, -0.1) is 10.2 Å². The second-order valence-electron chi connectivity index (χ2n) is 5.74. The molecular weight excluding hydrogens is 452 g/mol. The van der Waals surface area contributed by atoms with Crippen molar-refractivity contribution in [2.45, 2.75) is 16.2 Å². The largest absolute Gasteiger partial charge is 0.296 e. The molecule has 3 aromatic rings. The van der Waals surface area contributed by atoms with Crippen LogP contribution in [-0.4, -0.2) is 37.3 Å². The van der Waals surface area contributed by atoms with Crippen molar-refractivity contribution >= 4 is 61.4 Å². The van der Waals surface area contributed by atoms with Crippen molar-refractivity contribution in [3.05, 3.63) is 59.1 Å². The standard InChI is InChI=1S/C18H17ClN4O3S3/c1-3-27-18-22-21-17(28-18)20-16(24)12-6-4-9-15(10-12)29(25,26)23(2)14-8-5-7-13(19)11-14/h4-11H,3H2,1-2H3,(H,20,21,24). The average Bonchev–Trinajstić information content (AvgIpc) is 3.14. The van der Waals surface area contributed by atoms with Crippen molar-refractivity contribution in [1.82, 2.24) is 10.2 Å². The molecule has 2 aromatic carbocycles. The number of carbonyl (C=O) groups is 1. The van der Waals surface area contributed by atoms with Gasteiger partial charge in [0.25, 0.3) is 15.9 Å². The zero-order chi connectivity index (χ0) is 21.0. The molecule has 0 atom stereocenters. The number of carbonyl (C=O) groups excluding carboxylic acids is 1. The van der Waals surface area contributed by atoms with Gasteiger partial charge in [-0.3, -0.25) is 14.4 Å². The van der Waals surface area contributed by atoms with Crippen LogP contribution in [0.25, 0.3) is 0 Å². The first kappa shape index (κ1) is 21.6. The van der Waals surface area contributed by atoms with Crippen molar-refractivity contribution in [2.75, 3.05) is 22.4 Å². The molecule has 0 bridgehead atoms. The van der Waals surface area contributed by atoms with E-state index in [4.69, 9.17) is 11.6 Å². The molecule has 3 rings (SSSR count). The molecule has 0 unspecified atom stereocenters. The fourth-order valence-corrected chi connectivity index (χ4v) is 5.44. The van der Waals surface area contributed by atoms with Gasteiger partial charge in [-0.2, -0.15) is 0 Å². The van der Waals surface area contributed by atoms with Gasteiger partial charge in [0, 0.05) is 17.6 Å². The predicted octanol–water partition coefficient (Wildman–Crippen LogP) is 4.38. The van der Waals surface area contributed by atoms with E-state index in [1.807, 2.05) is 6.92 Å². The van der Waals surface area contributed by atoms with Crippen molar-refractivity contribution in [3.8, 4) is 0 Å². The van der Waals surface area contributed by atoms with Crippen molar-refractivity contribution in [1.29, 1.82) is 0 Å². The number of hydrogen-bond acceptors (Lipinski definition) is 7. The highest BCUT2D eigenvalue weighted by Gasteiger charge is 2.23. The molecular formula is C18H17ClN4O3S3. The van der Waals surface area contributed by atoms with Crippen LogP contribution in [-0.2, 0) is 10.0 Å². The number of hydrogen-bond donors (Lipinski definition) is 1. The number of nitrogens with zero attached hydrogens (tertiary/aromatic N) is 3. The highest BCUT2D eigenvalue weighted by Crippen LogP contribution is 2.27. The van der Waals surface area contributed by atoms with E-state index in [0.29, 0.717) is 15.8 Å². The molecule has 0 saturated carbocycles. The molecule has 11 heteroatoms. The fraction of sp³-hybridized carbons (Fsp3) is 0.167. The Hall–Kier alpha value is -2.14. The Kier molecular flexibility index (Phi) is 6.78. The molecule has 0 saturated heterocycles. The average molecular weight is 469 g/mol. The van der Waals surface area contributed by atoms with Gasteiger partial charge >= 0.3 is 0 Å². The molecule has 152 valence electrons. The second kappa shape index (κ2) is 9.12. The smallest absolute Gasteiger partial charge is 0.264 e. The van der Waals surface area contributed by atoms with Gasteiger partial charge in [0.2, 0.25) is 5.13 Å². The zero-order valence-electron chi connectivity index (χ0n) is 15.5. The van der Waals surface area contributed by atoms with E-state index in [2.05, 4.69) is 15.5 Å². The fourth-order valence-electron chi connectivity index (χ4n) is 2.38. The van der Waals surface area contributed by atoms with Crippen molar-refractivity contribution < 1.29 is 13.2 Å². The quantitative estimate of drug-likeness (QED) is 0.408. The molecule has 0 aliphatic heterocycles. The lowest BCUT2D eigenvalue weighted by Crippen LogP contribution is -2.26. The topological polar surface area (TPSA) is 92.3 Å². The maximum absolute atomic E-state index is 13.0. The first-order valence-electron chi connectivity index (χ1n) is 8.43. The lowest BCUT2D eigenvalue weighted by Gasteiger charge is -2.20. The normalized spacial score (nSPS) is 11.3. The van der Waals surface area contributed by atoms with Gasteiger partial charge < -0.3 is 0 Å². The van der Waals surface area contributed by atoms with Crippen LogP contribution in [0.4, 0.5) is 10.8 Å². The molecule has 0 aliphatic rings. The van der Waals surface area contributed by atoms with E-state index < -0.39 is 15.9 Å². The van der Waals surface area contributed by atoms with E-state index in [-0.39, 0.29) is 10.5 Å². The molecule has 1 aromatic heterocycles. The predicted molar refractivity (Wildman–Crippen MR) is 118 cm³/mol. The lowest BCUT2D eigenvalue weighted by molar-refractivity contribution is 0.102. The first-order valence-corrected chi connectivity index (χ1v) is 12.1. The van der Waals surface area contributed by atoms with E-state index >= 15 is 0 Å². The summed E-state index contributed by atoms with van der Waals surface area (Å²) in [7, 11) is -2.44. The summed E-state index contributed by atoms with van der Waals surface area (Å²) in [4.78, 5) is 12.5. The third kappa shape index (κ3) is 5.08. The monoisotopic (exact) mass is 468 g/mol. The van der Waals surface area contributed by atoms with Crippen LogP contribution in [0.2, 0.25) is 5.02 Å². The molecule has 0 fully saturated rings. The van der Waals surface area contributed by atoms with E-state index in [9.17, 15) is 13.2 Å². The van der Waals surface area contributed by atoms with Gasteiger partial charge in [-0.1, -0.05) is 53.8 Å². The first-order chi connectivity index (χ1) is 13.8. The number of benzene rings is 2. The van der Waals surface area contributed by atoms with Crippen molar-refractivity contribution in [2.24, 2.45) is 0 Å². The summed E-state index contributed by atoms with van der Waals surface area (Å²) < 4.78 is 27.8. The summed E-state index contributed by atoms with van der Waals surface area (Å²) >= 11 is 8.75. The molecule has 1 N–H and O–H groups in total. The Labute approximate surface area is 182 Å². The molecule has 1 heterocycles. The molecule has 0 aliphatic carbocycles. The third-order valence-electron chi connectivity index (χ3n) is 3.82. The number of thioether (sulfide) groups is 1. The Balaban J connectivity index is 1.83. The highest BCUT2D eigenvalue weighted by molar-refractivity contribution is 8.01. The number of rotatable bonds is 7. The van der Waals surface area contributed by atoms with Crippen LogP contribution in [0.15, 0.2) is 57.8 Å². The van der Waals surface area contributed by atoms with E-state index in [1.165, 1.54) is 54.4 Å². The number of aromatic nitrogens is 2. The minimum Gasteiger partial charge on any atom is -0.296 e. The minimum atomic E-state index is -3.87. The summed E-state index contributed by atoms with van der Waals surface area (Å²) in [5.74, 6) is 0.388. The zero-order valence-corrected chi connectivity index (χ0v) is 18.7. The minimum absolute atomic E-state index is 0.00730. The van der Waals surface area contributed by atoms with Gasteiger partial charge in [0.1, 0.15) is 0 Å². The Morgan fingerprint density at radius 2 is 1.97 bits per heavy atom. The van der Waals surface area contributed by atoms with E-state index in [0.717, 1.165) is 14.4 Å². The number of anilines is 2. The van der Waals surface area contributed by atoms with Crippen LogP contribution >= 0.6 is 34.7 Å². The molecule has 1 amide bonds. The summed E-state index contributed by atoms with van der Waals surface area (Å²) in [5.41, 5.74) is 0.618. The van der Waals surface area contributed by atoms with Crippen LogP contribution in [0.3, 0.4) is 0 Å². The van der Waals surface area contributed by atoms with Crippen LogP contribution < -0.4 is 9.62 Å². The van der Waals surface area contributed by atoms with Gasteiger partial charge in [0.15, 0.2) is 4.34 Å². The molecule has 0 radical (unpaired) electrons. The number of nitrogens with one attached hydrogen (secondary N) is 1. The van der Waals surface area contributed by atoms with Gasteiger partial charge in [-0.05, 0) is 42.2 Å².